The number of pyridine rings is 1. The molecule has 1 N–H and O–H groups in total. The van der Waals surface area contributed by atoms with Gasteiger partial charge in [0.2, 0.25) is 5.91 Å². The summed E-state index contributed by atoms with van der Waals surface area (Å²) in [5.74, 6) is 1.30. The second-order valence-electron chi connectivity index (χ2n) is 6.40. The standard InChI is InChI=1S/C19H20ClN5O2S/c1-27-16-5-3-2-4-15(16)24-6-8-25(9-7-24)17(26)12-28-19-22-14-10-13(20)11-21-18(14)23-19/h2-5,10-11H,6-9,12H2,1H3,(H,21,22,23). The number of carbonyl (C=O) groups excluding carboxylic acids is 1. The van der Waals surface area contributed by atoms with Gasteiger partial charge in [0.25, 0.3) is 0 Å². The fourth-order valence-corrected chi connectivity index (χ4v) is 4.16. The Morgan fingerprint density at radius 1 is 1.29 bits per heavy atom. The number of benzene rings is 1. The number of amides is 1. The third-order valence-corrected chi connectivity index (χ3v) is 5.74. The predicted molar refractivity (Wildman–Crippen MR) is 111 cm³/mol. The maximum atomic E-state index is 12.6. The van der Waals surface area contributed by atoms with Gasteiger partial charge < -0.3 is 19.5 Å². The lowest BCUT2D eigenvalue weighted by Crippen LogP contribution is -2.49. The summed E-state index contributed by atoms with van der Waals surface area (Å²) in [4.78, 5) is 28.4. The Morgan fingerprint density at radius 3 is 2.86 bits per heavy atom. The Balaban J connectivity index is 1.32. The van der Waals surface area contributed by atoms with E-state index < -0.39 is 0 Å². The number of hydrogen-bond donors (Lipinski definition) is 1. The molecule has 4 rings (SSSR count). The molecule has 1 fully saturated rings. The smallest absolute Gasteiger partial charge is 0.233 e. The second-order valence-corrected chi connectivity index (χ2v) is 7.80. The van der Waals surface area contributed by atoms with Crippen molar-refractivity contribution in [1.29, 1.82) is 0 Å². The van der Waals surface area contributed by atoms with E-state index in [1.165, 1.54) is 11.8 Å². The summed E-state index contributed by atoms with van der Waals surface area (Å²) >= 11 is 7.32. The van der Waals surface area contributed by atoms with Crippen LogP contribution in [0.25, 0.3) is 11.2 Å². The van der Waals surface area contributed by atoms with Gasteiger partial charge in [-0.3, -0.25) is 4.79 Å². The number of H-pyrrole nitrogens is 1. The first-order valence-corrected chi connectivity index (χ1v) is 10.3. The normalized spacial score (nSPS) is 14.5. The van der Waals surface area contributed by atoms with Gasteiger partial charge in [-0.2, -0.15) is 0 Å². The van der Waals surface area contributed by atoms with Gasteiger partial charge in [0.1, 0.15) is 5.75 Å². The van der Waals surface area contributed by atoms with E-state index in [0.29, 0.717) is 34.7 Å². The molecular weight excluding hydrogens is 398 g/mol. The number of aromatic nitrogens is 3. The lowest BCUT2D eigenvalue weighted by atomic mass is 10.2. The Morgan fingerprint density at radius 2 is 2.07 bits per heavy atom. The van der Waals surface area contributed by atoms with E-state index in [2.05, 4.69) is 19.9 Å². The Bertz CT molecular complexity index is 987. The number of para-hydroxylation sites is 2. The van der Waals surface area contributed by atoms with Crippen molar-refractivity contribution < 1.29 is 9.53 Å². The van der Waals surface area contributed by atoms with Gasteiger partial charge in [0.05, 0.1) is 29.1 Å². The number of nitrogens with zero attached hydrogens (tertiary/aromatic N) is 4. The topological polar surface area (TPSA) is 74.3 Å². The van der Waals surface area contributed by atoms with E-state index in [0.717, 1.165) is 30.0 Å². The number of anilines is 1. The number of halogens is 1. The number of ether oxygens (including phenoxy) is 1. The number of methoxy groups -OCH3 is 1. The molecule has 3 aromatic rings. The van der Waals surface area contributed by atoms with Crippen molar-refractivity contribution in [3.8, 4) is 5.75 Å². The molecule has 0 saturated carbocycles. The van der Waals surface area contributed by atoms with Crippen LogP contribution in [-0.2, 0) is 4.79 Å². The van der Waals surface area contributed by atoms with Crippen molar-refractivity contribution >= 4 is 46.1 Å². The second kappa shape index (κ2) is 8.28. The van der Waals surface area contributed by atoms with Crippen molar-refractivity contribution in [2.24, 2.45) is 0 Å². The molecule has 146 valence electrons. The van der Waals surface area contributed by atoms with E-state index in [-0.39, 0.29) is 5.91 Å². The Kier molecular flexibility index (Phi) is 5.59. The quantitative estimate of drug-likeness (QED) is 0.643. The van der Waals surface area contributed by atoms with Crippen LogP contribution in [0.15, 0.2) is 41.7 Å². The molecule has 1 saturated heterocycles. The largest absolute Gasteiger partial charge is 0.495 e. The molecule has 0 spiro atoms. The van der Waals surface area contributed by atoms with Crippen LogP contribution >= 0.6 is 23.4 Å². The average Bonchev–Trinajstić information content (AvgIpc) is 3.14. The highest BCUT2D eigenvalue weighted by Crippen LogP contribution is 2.28. The minimum Gasteiger partial charge on any atom is -0.495 e. The molecule has 1 aromatic carbocycles. The molecule has 1 aliphatic heterocycles. The van der Waals surface area contributed by atoms with E-state index in [4.69, 9.17) is 16.3 Å². The van der Waals surface area contributed by atoms with Gasteiger partial charge in [-0.25, -0.2) is 9.97 Å². The molecule has 0 bridgehead atoms. The molecule has 0 radical (unpaired) electrons. The number of aromatic amines is 1. The van der Waals surface area contributed by atoms with E-state index in [1.54, 1.807) is 19.4 Å². The first kappa shape index (κ1) is 18.9. The maximum absolute atomic E-state index is 12.6. The third-order valence-electron chi connectivity index (χ3n) is 4.67. The summed E-state index contributed by atoms with van der Waals surface area (Å²) in [6.07, 6.45) is 1.56. The highest BCUT2D eigenvalue weighted by molar-refractivity contribution is 7.99. The van der Waals surface area contributed by atoms with E-state index in [1.807, 2.05) is 29.2 Å². The summed E-state index contributed by atoms with van der Waals surface area (Å²) in [7, 11) is 1.68. The van der Waals surface area contributed by atoms with Gasteiger partial charge >= 0.3 is 0 Å². The highest BCUT2D eigenvalue weighted by atomic mass is 35.5. The summed E-state index contributed by atoms with van der Waals surface area (Å²) < 4.78 is 5.44. The lowest BCUT2D eigenvalue weighted by Gasteiger charge is -2.36. The van der Waals surface area contributed by atoms with Crippen LogP contribution in [0.3, 0.4) is 0 Å². The molecule has 7 nitrogen and oxygen atoms in total. The van der Waals surface area contributed by atoms with Crippen molar-refractivity contribution in [3.63, 3.8) is 0 Å². The van der Waals surface area contributed by atoms with Crippen LogP contribution in [-0.4, -0.2) is 64.8 Å². The number of piperazine rings is 1. The number of carbonyl (C=O) groups is 1. The molecule has 9 heteroatoms. The van der Waals surface area contributed by atoms with Crippen molar-refractivity contribution in [1.82, 2.24) is 19.9 Å². The Labute approximate surface area is 172 Å². The van der Waals surface area contributed by atoms with Crippen LogP contribution in [0, 0.1) is 0 Å². The fraction of sp³-hybridized carbons (Fsp3) is 0.316. The number of thioether (sulfide) groups is 1. The van der Waals surface area contributed by atoms with Gasteiger partial charge in [-0.05, 0) is 18.2 Å². The summed E-state index contributed by atoms with van der Waals surface area (Å²) in [6, 6.07) is 9.75. The molecule has 1 amide bonds. The van der Waals surface area contributed by atoms with Gasteiger partial charge in [-0.15, -0.1) is 0 Å². The fourth-order valence-electron chi connectivity index (χ4n) is 3.23. The van der Waals surface area contributed by atoms with Gasteiger partial charge in [0.15, 0.2) is 10.8 Å². The van der Waals surface area contributed by atoms with Crippen molar-refractivity contribution in [2.75, 3.05) is 43.9 Å². The van der Waals surface area contributed by atoms with Gasteiger partial charge in [0, 0.05) is 32.4 Å². The van der Waals surface area contributed by atoms with Crippen LogP contribution in [0.2, 0.25) is 5.02 Å². The molecule has 0 atom stereocenters. The van der Waals surface area contributed by atoms with E-state index in [9.17, 15) is 4.79 Å². The van der Waals surface area contributed by atoms with Crippen LogP contribution in [0.5, 0.6) is 5.75 Å². The number of imidazole rings is 1. The third kappa shape index (κ3) is 4.02. The molecule has 0 aliphatic carbocycles. The van der Waals surface area contributed by atoms with Crippen molar-refractivity contribution in [3.05, 3.63) is 41.6 Å². The first-order valence-electron chi connectivity index (χ1n) is 8.94. The van der Waals surface area contributed by atoms with Crippen molar-refractivity contribution in [2.45, 2.75) is 5.16 Å². The predicted octanol–water partition coefficient (Wildman–Crippen LogP) is 3.06. The monoisotopic (exact) mass is 417 g/mol. The maximum Gasteiger partial charge on any atom is 0.233 e. The zero-order valence-electron chi connectivity index (χ0n) is 15.4. The molecular formula is C19H20ClN5O2S. The molecule has 1 aliphatic rings. The van der Waals surface area contributed by atoms with Crippen LogP contribution in [0.4, 0.5) is 5.69 Å². The summed E-state index contributed by atoms with van der Waals surface area (Å²) in [5.41, 5.74) is 2.44. The van der Waals surface area contributed by atoms with Crippen LogP contribution in [0.1, 0.15) is 0 Å². The molecule has 2 aromatic heterocycles. The number of fused-ring (bicyclic) bond motifs is 1. The van der Waals surface area contributed by atoms with Crippen LogP contribution < -0.4 is 9.64 Å². The first-order chi connectivity index (χ1) is 13.6. The Hall–Kier alpha value is -2.45. The average molecular weight is 418 g/mol. The number of rotatable bonds is 5. The summed E-state index contributed by atoms with van der Waals surface area (Å²) in [6.45, 7) is 2.94. The summed E-state index contributed by atoms with van der Waals surface area (Å²) in [5, 5.41) is 1.22. The minimum absolute atomic E-state index is 0.108. The minimum atomic E-state index is 0.108. The van der Waals surface area contributed by atoms with E-state index >= 15 is 0 Å². The SMILES string of the molecule is COc1ccccc1N1CCN(C(=O)CSc2nc3ncc(Cl)cc3[nH]2)CC1. The number of nitrogens with one attached hydrogen (secondary N) is 1. The molecule has 3 heterocycles. The zero-order valence-corrected chi connectivity index (χ0v) is 17.0. The van der Waals surface area contributed by atoms with Gasteiger partial charge in [-0.1, -0.05) is 35.5 Å². The molecule has 0 unspecified atom stereocenters. The lowest BCUT2D eigenvalue weighted by molar-refractivity contribution is -0.128. The zero-order chi connectivity index (χ0) is 19.5. The molecule has 28 heavy (non-hydrogen) atoms. The number of hydrogen-bond acceptors (Lipinski definition) is 6. The highest BCUT2D eigenvalue weighted by Gasteiger charge is 2.23.